The minimum atomic E-state index is -0.631. The molecule has 7 nitrogen and oxygen atoms in total. The van der Waals surface area contributed by atoms with E-state index in [0.717, 1.165) is 18.4 Å². The molecule has 8 heteroatoms. The highest BCUT2D eigenvalue weighted by Gasteiger charge is 2.36. The van der Waals surface area contributed by atoms with Crippen LogP contribution < -0.4 is 10.6 Å². The van der Waals surface area contributed by atoms with Gasteiger partial charge < -0.3 is 15.4 Å². The summed E-state index contributed by atoms with van der Waals surface area (Å²) >= 11 is 1.37. The Hall–Kier alpha value is -3.13. The van der Waals surface area contributed by atoms with Crippen LogP contribution in [0, 0.1) is 0 Å². The van der Waals surface area contributed by atoms with Gasteiger partial charge in [0.05, 0.1) is 22.6 Å². The number of amides is 3. The van der Waals surface area contributed by atoms with Crippen molar-refractivity contribution in [2.24, 2.45) is 0 Å². The summed E-state index contributed by atoms with van der Waals surface area (Å²) in [7, 11) is 0. The first-order chi connectivity index (χ1) is 15.3. The molecule has 0 fully saturated rings. The number of urea groups is 1. The molecule has 32 heavy (non-hydrogen) atoms. The molecule has 0 bridgehead atoms. The van der Waals surface area contributed by atoms with Gasteiger partial charge in [0.15, 0.2) is 0 Å². The molecule has 0 saturated carbocycles. The van der Waals surface area contributed by atoms with Crippen molar-refractivity contribution in [3.05, 3.63) is 63.5 Å². The lowest BCUT2D eigenvalue weighted by Crippen LogP contribution is -2.48. The van der Waals surface area contributed by atoms with E-state index in [9.17, 15) is 14.4 Å². The number of unbranched alkanes of at least 4 members (excludes halogenated alkanes) is 1. The molecule has 1 aliphatic rings. The van der Waals surface area contributed by atoms with Gasteiger partial charge in [-0.25, -0.2) is 9.59 Å². The molecule has 0 spiro atoms. The van der Waals surface area contributed by atoms with Crippen molar-refractivity contribution in [2.45, 2.75) is 52.7 Å². The number of benzene rings is 1. The lowest BCUT2D eigenvalue weighted by molar-refractivity contribution is -0.143. The summed E-state index contributed by atoms with van der Waals surface area (Å²) in [5.74, 6) is -0.624. The lowest BCUT2D eigenvalue weighted by Gasteiger charge is -2.35. The van der Waals surface area contributed by atoms with Gasteiger partial charge in [0.2, 0.25) is 0 Å². The topological polar surface area (TPSA) is 87.7 Å². The van der Waals surface area contributed by atoms with E-state index in [0.29, 0.717) is 28.4 Å². The molecule has 1 aliphatic heterocycles. The van der Waals surface area contributed by atoms with Crippen molar-refractivity contribution in [3.8, 4) is 0 Å². The highest BCUT2D eigenvalue weighted by atomic mass is 32.1. The van der Waals surface area contributed by atoms with Gasteiger partial charge in [-0.1, -0.05) is 31.5 Å². The van der Waals surface area contributed by atoms with E-state index < -0.39 is 12.0 Å². The van der Waals surface area contributed by atoms with Gasteiger partial charge in [-0.2, -0.15) is 0 Å². The van der Waals surface area contributed by atoms with Gasteiger partial charge in [-0.05, 0) is 56.3 Å². The van der Waals surface area contributed by atoms with Crippen LogP contribution in [0.15, 0.2) is 53.0 Å². The van der Waals surface area contributed by atoms with Crippen molar-refractivity contribution in [1.82, 2.24) is 10.2 Å². The first-order valence-electron chi connectivity index (χ1n) is 10.8. The van der Waals surface area contributed by atoms with E-state index in [1.807, 2.05) is 11.4 Å². The molecular formula is C24H29N3O4S. The maximum atomic E-state index is 13.0. The number of nitrogens with one attached hydrogen (secondary N) is 2. The van der Waals surface area contributed by atoms with Crippen LogP contribution in [0.1, 0.15) is 61.8 Å². The molecule has 1 atom stereocenters. The van der Waals surface area contributed by atoms with E-state index >= 15 is 0 Å². The number of esters is 1. The predicted octanol–water partition coefficient (Wildman–Crippen LogP) is 5.09. The number of carbonyl (C=O) groups is 3. The van der Waals surface area contributed by atoms with E-state index in [2.05, 4.69) is 17.6 Å². The van der Waals surface area contributed by atoms with Crippen molar-refractivity contribution in [2.75, 3.05) is 11.9 Å². The molecule has 0 saturated heterocycles. The second-order valence-corrected chi connectivity index (χ2v) is 8.84. The third-order valence-electron chi connectivity index (χ3n) is 5.14. The monoisotopic (exact) mass is 455 g/mol. The number of rotatable bonds is 8. The Morgan fingerprint density at radius 1 is 1.22 bits per heavy atom. The maximum Gasteiger partial charge on any atom is 0.338 e. The highest BCUT2D eigenvalue weighted by molar-refractivity contribution is 7.12. The molecule has 2 N–H and O–H groups in total. The minimum absolute atomic E-state index is 0.178. The van der Waals surface area contributed by atoms with Crippen LogP contribution in [0.25, 0.3) is 0 Å². The molecule has 2 heterocycles. The van der Waals surface area contributed by atoms with Crippen molar-refractivity contribution in [3.63, 3.8) is 0 Å². The molecule has 0 radical (unpaired) electrons. The zero-order valence-corrected chi connectivity index (χ0v) is 19.6. The molecule has 3 rings (SSSR count). The number of allylic oxidation sites excluding steroid dienone is 1. The summed E-state index contributed by atoms with van der Waals surface area (Å²) in [4.78, 5) is 40.3. The van der Waals surface area contributed by atoms with Gasteiger partial charge in [0.25, 0.3) is 5.91 Å². The second-order valence-electron chi connectivity index (χ2n) is 7.89. The first-order valence-corrected chi connectivity index (χ1v) is 11.6. The summed E-state index contributed by atoms with van der Waals surface area (Å²) in [5, 5.41) is 7.65. The Labute approximate surface area is 192 Å². The van der Waals surface area contributed by atoms with E-state index in [-0.39, 0.29) is 18.0 Å². The Bertz CT molecular complexity index is 997. The number of ether oxygens (including phenoxy) is 1. The van der Waals surface area contributed by atoms with Crippen LogP contribution in [0.5, 0.6) is 0 Å². The minimum Gasteiger partial charge on any atom is -0.459 e. The summed E-state index contributed by atoms with van der Waals surface area (Å²) in [6, 6.07) is 9.83. The van der Waals surface area contributed by atoms with Crippen LogP contribution in [-0.2, 0) is 9.53 Å². The van der Waals surface area contributed by atoms with E-state index in [1.54, 1.807) is 56.0 Å². The fourth-order valence-electron chi connectivity index (χ4n) is 3.52. The quantitative estimate of drug-likeness (QED) is 0.543. The zero-order valence-electron chi connectivity index (χ0n) is 18.8. The van der Waals surface area contributed by atoms with Crippen LogP contribution in [0.4, 0.5) is 10.5 Å². The average Bonchev–Trinajstić information content (AvgIpc) is 3.28. The normalized spacial score (nSPS) is 16.2. The molecule has 0 unspecified atom stereocenters. The Morgan fingerprint density at radius 3 is 2.53 bits per heavy atom. The largest absolute Gasteiger partial charge is 0.459 e. The van der Waals surface area contributed by atoms with Crippen molar-refractivity contribution in [1.29, 1.82) is 0 Å². The average molecular weight is 456 g/mol. The van der Waals surface area contributed by atoms with Gasteiger partial charge in [-0.15, -0.1) is 11.3 Å². The smallest absolute Gasteiger partial charge is 0.338 e. The Kier molecular flexibility index (Phi) is 7.69. The van der Waals surface area contributed by atoms with Crippen LogP contribution in [-0.4, -0.2) is 35.5 Å². The number of nitrogens with zero attached hydrogens (tertiary/aromatic N) is 1. The van der Waals surface area contributed by atoms with Gasteiger partial charge in [-0.3, -0.25) is 9.69 Å². The molecule has 3 amide bonds. The number of thiophene rings is 1. The third-order valence-corrected chi connectivity index (χ3v) is 6.01. The number of anilines is 1. The first kappa shape index (κ1) is 23.5. The Balaban J connectivity index is 1.88. The van der Waals surface area contributed by atoms with E-state index in [1.165, 1.54) is 11.3 Å². The van der Waals surface area contributed by atoms with Crippen molar-refractivity contribution >= 4 is 34.9 Å². The SMILES string of the molecule is CCCCN1C(=O)N[C@@H](c2ccc(NC(=O)c3cccs3)cc2)C(C(=O)OC(C)C)=C1C. The molecule has 0 aliphatic carbocycles. The van der Waals surface area contributed by atoms with Gasteiger partial charge in [0.1, 0.15) is 0 Å². The van der Waals surface area contributed by atoms with Gasteiger partial charge >= 0.3 is 12.0 Å². The molecule has 1 aromatic heterocycles. The van der Waals surface area contributed by atoms with Crippen LogP contribution >= 0.6 is 11.3 Å². The second kappa shape index (κ2) is 10.5. The number of hydrogen-bond acceptors (Lipinski definition) is 5. The van der Waals surface area contributed by atoms with Crippen LogP contribution in [0.3, 0.4) is 0 Å². The van der Waals surface area contributed by atoms with Crippen LogP contribution in [0.2, 0.25) is 0 Å². The summed E-state index contributed by atoms with van der Waals surface area (Å²) in [5.41, 5.74) is 2.39. The molecular weight excluding hydrogens is 426 g/mol. The lowest BCUT2D eigenvalue weighted by atomic mass is 9.94. The fraction of sp³-hybridized carbons (Fsp3) is 0.375. The standard InChI is InChI=1S/C24H29N3O4S/c1-5-6-13-27-16(4)20(23(29)31-15(2)3)21(26-24(27)30)17-9-11-18(12-10-17)25-22(28)19-8-7-14-32-19/h7-12,14-15,21H,5-6,13H2,1-4H3,(H,25,28)(H,26,30)/t21-/m0/s1. The molecule has 170 valence electrons. The van der Waals surface area contributed by atoms with Crippen molar-refractivity contribution < 1.29 is 19.1 Å². The third kappa shape index (κ3) is 5.37. The summed E-state index contributed by atoms with van der Waals surface area (Å²) in [6.07, 6.45) is 1.49. The molecule has 2 aromatic rings. The predicted molar refractivity (Wildman–Crippen MR) is 126 cm³/mol. The van der Waals surface area contributed by atoms with Gasteiger partial charge in [0, 0.05) is 17.9 Å². The fourth-order valence-corrected chi connectivity index (χ4v) is 4.14. The van der Waals surface area contributed by atoms with E-state index in [4.69, 9.17) is 4.74 Å². The molecule has 1 aromatic carbocycles. The maximum absolute atomic E-state index is 13.0. The highest BCUT2D eigenvalue weighted by Crippen LogP contribution is 2.32. The summed E-state index contributed by atoms with van der Waals surface area (Å²) < 4.78 is 5.49. The number of carbonyl (C=O) groups excluding carboxylic acids is 3. The zero-order chi connectivity index (χ0) is 23.3. The summed E-state index contributed by atoms with van der Waals surface area (Å²) in [6.45, 7) is 7.96. The number of hydrogen-bond donors (Lipinski definition) is 2. The Morgan fingerprint density at radius 2 is 1.94 bits per heavy atom.